The minimum absolute atomic E-state index is 0.0473. The van der Waals surface area contributed by atoms with E-state index < -0.39 is 0 Å². The number of anilines is 4. The highest BCUT2D eigenvalue weighted by Crippen LogP contribution is 2.51. The topological polar surface area (TPSA) is 33.5 Å². The number of nitrogens with zero attached hydrogens (tertiary/aromatic N) is 4. The highest BCUT2D eigenvalue weighted by Gasteiger charge is 2.32. The van der Waals surface area contributed by atoms with Crippen LogP contribution in [-0.2, 0) is 5.41 Å². The second-order valence-corrected chi connectivity index (χ2v) is 18.0. The number of fused-ring (bicyclic) bond motifs is 4. The van der Waals surface area contributed by atoms with Gasteiger partial charge in [-0.2, -0.15) is 0 Å². The fraction of sp³-hybridized carbons (Fsp3) is 0.102. The number of pyridine rings is 1. The molecule has 0 saturated carbocycles. The molecule has 5 nitrogen and oxygen atoms in total. The first kappa shape index (κ1) is 40.7. The predicted molar refractivity (Wildman–Crippen MR) is 267 cm³/mol. The first-order chi connectivity index (χ1) is 32.1. The summed E-state index contributed by atoms with van der Waals surface area (Å²) in [4.78, 5) is 9.52. The number of rotatable bonds is 8. The Morgan fingerprint density at radius 2 is 1.14 bits per heavy atom. The summed E-state index contributed by atoms with van der Waals surface area (Å²) < 4.78 is 37.9. The Hall–Kier alpha value is -8.03. The molecular formula is C59H46F2N4O. The van der Waals surface area contributed by atoms with Crippen LogP contribution in [0.4, 0.5) is 31.5 Å². The Kier molecular flexibility index (Phi) is 9.99. The van der Waals surface area contributed by atoms with Crippen LogP contribution in [0.2, 0.25) is 0 Å². The van der Waals surface area contributed by atoms with Crippen molar-refractivity contribution in [2.24, 2.45) is 0 Å². The summed E-state index contributed by atoms with van der Waals surface area (Å²) in [5.74, 6) is 1.65. The van der Waals surface area contributed by atoms with E-state index in [-0.39, 0.29) is 17.0 Å². The molecule has 0 atom stereocenters. The third-order valence-electron chi connectivity index (χ3n) is 12.7. The van der Waals surface area contributed by atoms with E-state index in [0.717, 1.165) is 89.3 Å². The maximum absolute atomic E-state index is 14.4. The van der Waals surface area contributed by atoms with Crippen LogP contribution in [0.25, 0.3) is 61.0 Å². The largest absolute Gasteiger partial charge is 0.457 e. The number of benzene rings is 8. The van der Waals surface area contributed by atoms with Gasteiger partial charge in [-0.05, 0) is 125 Å². The van der Waals surface area contributed by atoms with E-state index in [1.165, 1.54) is 29.8 Å². The van der Waals surface area contributed by atoms with E-state index in [2.05, 4.69) is 176 Å². The molecule has 8 aromatic carbocycles. The van der Waals surface area contributed by atoms with Crippen molar-refractivity contribution in [3.8, 4) is 50.7 Å². The molecule has 10 aromatic rings. The van der Waals surface area contributed by atoms with Gasteiger partial charge >= 0.3 is 0 Å². The first-order valence-corrected chi connectivity index (χ1v) is 22.3. The van der Waals surface area contributed by atoms with Crippen molar-refractivity contribution >= 4 is 44.6 Å². The molecule has 3 heterocycles. The zero-order valence-corrected chi connectivity index (χ0v) is 37.1. The number of hydrogen-bond acceptors (Lipinski definition) is 4. The summed E-state index contributed by atoms with van der Waals surface area (Å²) in [7, 11) is 0. The number of halogens is 2. The van der Waals surface area contributed by atoms with Gasteiger partial charge in [-0.25, -0.2) is 13.8 Å². The number of aryl methyl sites for hydroxylation is 1. The quantitative estimate of drug-likeness (QED) is 0.152. The van der Waals surface area contributed by atoms with Crippen LogP contribution >= 0.6 is 0 Å². The molecule has 0 spiro atoms. The molecule has 322 valence electrons. The Labute approximate surface area is 383 Å². The smallest absolute Gasteiger partial charge is 0.137 e. The third-order valence-corrected chi connectivity index (χ3v) is 12.7. The lowest BCUT2D eigenvalue weighted by Gasteiger charge is -2.27. The zero-order valence-electron chi connectivity index (χ0n) is 37.1. The summed E-state index contributed by atoms with van der Waals surface area (Å²) in [6, 6.07) is 61.7. The molecule has 0 unspecified atom stereocenters. The SMILES string of the molecule is Cc1ccccc1-c1cc(Oc2ccc3c4ccccc4n(-c4cc(C(C)(C)C)ccn4)c3c2)cc(N2CN(c3c(-c4ccc(F)cc4)cccc3-c3ccc(F)cc3)c3ccccc32)c1. The van der Waals surface area contributed by atoms with E-state index in [0.29, 0.717) is 18.2 Å². The molecule has 66 heavy (non-hydrogen) atoms. The molecule has 0 saturated heterocycles. The van der Waals surface area contributed by atoms with E-state index in [1.54, 1.807) is 0 Å². The van der Waals surface area contributed by atoms with Crippen LogP contribution in [0.5, 0.6) is 11.5 Å². The van der Waals surface area contributed by atoms with Crippen molar-refractivity contribution in [2.75, 3.05) is 16.5 Å². The molecule has 0 amide bonds. The van der Waals surface area contributed by atoms with E-state index in [1.807, 2.05) is 36.5 Å². The fourth-order valence-corrected chi connectivity index (χ4v) is 9.44. The van der Waals surface area contributed by atoms with Crippen molar-refractivity contribution in [2.45, 2.75) is 33.1 Å². The van der Waals surface area contributed by atoms with E-state index in [9.17, 15) is 8.78 Å². The summed E-state index contributed by atoms with van der Waals surface area (Å²) in [5.41, 5.74) is 14.0. The number of hydrogen-bond donors (Lipinski definition) is 0. The molecule has 1 aliphatic rings. The number of ether oxygens (including phenoxy) is 1. The molecule has 2 aromatic heterocycles. The van der Waals surface area contributed by atoms with Gasteiger partial charge in [-0.1, -0.05) is 118 Å². The molecule has 0 N–H and O–H groups in total. The molecule has 0 fully saturated rings. The third kappa shape index (κ3) is 7.32. The van der Waals surface area contributed by atoms with Crippen molar-refractivity contribution in [1.82, 2.24) is 9.55 Å². The van der Waals surface area contributed by atoms with Crippen molar-refractivity contribution in [1.29, 1.82) is 0 Å². The average molecular weight is 865 g/mol. The maximum atomic E-state index is 14.4. The average Bonchev–Trinajstić information content (AvgIpc) is 3.88. The summed E-state index contributed by atoms with van der Waals surface area (Å²) in [5, 5.41) is 2.26. The lowest BCUT2D eigenvalue weighted by Crippen LogP contribution is -2.25. The summed E-state index contributed by atoms with van der Waals surface area (Å²) in [6.07, 6.45) is 1.90. The van der Waals surface area contributed by atoms with Crippen LogP contribution in [-0.4, -0.2) is 16.2 Å². The van der Waals surface area contributed by atoms with E-state index >= 15 is 0 Å². The Balaban J connectivity index is 1.05. The van der Waals surface area contributed by atoms with Gasteiger partial charge in [0, 0.05) is 45.9 Å². The van der Waals surface area contributed by atoms with Gasteiger partial charge in [0.2, 0.25) is 0 Å². The predicted octanol–water partition coefficient (Wildman–Crippen LogP) is 16.1. The normalized spacial score (nSPS) is 12.6. The highest BCUT2D eigenvalue weighted by molar-refractivity contribution is 6.09. The summed E-state index contributed by atoms with van der Waals surface area (Å²) >= 11 is 0. The Bertz CT molecular complexity index is 3400. The van der Waals surface area contributed by atoms with Gasteiger partial charge in [0.25, 0.3) is 0 Å². The molecule has 0 aliphatic carbocycles. The first-order valence-electron chi connectivity index (χ1n) is 22.3. The lowest BCUT2D eigenvalue weighted by atomic mass is 9.88. The number of aromatic nitrogens is 2. The Morgan fingerprint density at radius 3 is 1.83 bits per heavy atom. The molecule has 0 radical (unpaired) electrons. The van der Waals surface area contributed by atoms with Crippen LogP contribution in [0.1, 0.15) is 31.9 Å². The molecular weight excluding hydrogens is 819 g/mol. The molecule has 11 rings (SSSR count). The highest BCUT2D eigenvalue weighted by atomic mass is 19.1. The van der Waals surface area contributed by atoms with Crippen molar-refractivity contribution < 1.29 is 13.5 Å². The molecule has 1 aliphatic heterocycles. The van der Waals surface area contributed by atoms with Gasteiger partial charge in [0.1, 0.15) is 35.6 Å². The van der Waals surface area contributed by atoms with Gasteiger partial charge < -0.3 is 14.5 Å². The van der Waals surface area contributed by atoms with Gasteiger partial charge in [0.15, 0.2) is 0 Å². The lowest BCUT2D eigenvalue weighted by molar-refractivity contribution is 0.483. The minimum Gasteiger partial charge on any atom is -0.457 e. The number of para-hydroxylation sites is 4. The van der Waals surface area contributed by atoms with Gasteiger partial charge in [-0.15, -0.1) is 0 Å². The van der Waals surface area contributed by atoms with Crippen LogP contribution in [0.3, 0.4) is 0 Å². The Morgan fingerprint density at radius 1 is 0.515 bits per heavy atom. The van der Waals surface area contributed by atoms with Gasteiger partial charge in [-0.3, -0.25) is 4.57 Å². The van der Waals surface area contributed by atoms with Crippen molar-refractivity contribution in [3.05, 3.63) is 217 Å². The molecule has 0 bridgehead atoms. The minimum atomic E-state index is -0.301. The molecule has 7 heteroatoms. The fourth-order valence-electron chi connectivity index (χ4n) is 9.44. The van der Waals surface area contributed by atoms with Gasteiger partial charge in [0.05, 0.1) is 28.1 Å². The monoisotopic (exact) mass is 864 g/mol. The second kappa shape index (κ2) is 16.2. The standard InChI is InChI=1S/C59H46F2N4O/c1-38-12-5-6-13-48(38)41-32-45(35-47(33-41)66-46-28-29-52-51-14-7-8-17-53(51)65(56(52)36-46)57-34-42(30-31-62-57)59(2,3)4)63-37-64(55-19-10-9-18-54(55)63)58-49(39-20-24-43(60)25-21-39)15-11-16-50(58)40-22-26-44(61)27-23-40/h5-36H,37H2,1-4H3. The summed E-state index contributed by atoms with van der Waals surface area (Å²) in [6.45, 7) is 9.25. The zero-order chi connectivity index (χ0) is 45.1. The van der Waals surface area contributed by atoms with Crippen molar-refractivity contribution in [3.63, 3.8) is 0 Å². The van der Waals surface area contributed by atoms with Crippen LogP contribution in [0.15, 0.2) is 194 Å². The maximum Gasteiger partial charge on any atom is 0.137 e. The van der Waals surface area contributed by atoms with Crippen LogP contribution < -0.4 is 14.5 Å². The van der Waals surface area contributed by atoms with Crippen LogP contribution in [0, 0.1) is 18.6 Å². The van der Waals surface area contributed by atoms with E-state index in [4.69, 9.17) is 9.72 Å². The second-order valence-electron chi connectivity index (χ2n) is 18.0.